The van der Waals surface area contributed by atoms with Gasteiger partial charge >= 0.3 is 0 Å². The average molecular weight is 518 g/mol. The molecule has 0 spiro atoms. The molecule has 5 rings (SSSR count). The molecule has 2 aromatic carbocycles. The lowest BCUT2D eigenvalue weighted by Gasteiger charge is -2.15. The van der Waals surface area contributed by atoms with Crippen LogP contribution in [-0.2, 0) is 0 Å². The highest BCUT2D eigenvalue weighted by atomic mass is 35.5. The van der Waals surface area contributed by atoms with Crippen molar-refractivity contribution in [2.24, 2.45) is 9.98 Å². The first kappa shape index (κ1) is 25.8. The van der Waals surface area contributed by atoms with E-state index in [1.54, 1.807) is 6.07 Å². The van der Waals surface area contributed by atoms with Crippen LogP contribution in [0.3, 0.4) is 0 Å². The molecule has 1 aromatic heterocycles. The van der Waals surface area contributed by atoms with Crippen LogP contribution in [0.15, 0.2) is 76.8 Å². The number of hydrogen-bond acceptors (Lipinski definition) is 7. The number of amidine groups is 2. The minimum Gasteiger partial charge on any atom is -0.370 e. The van der Waals surface area contributed by atoms with Gasteiger partial charge in [0.25, 0.3) is 11.8 Å². The third-order valence-electron chi connectivity index (χ3n) is 5.89. The lowest BCUT2D eigenvalue weighted by molar-refractivity contribution is 0.101. The molecule has 0 atom stereocenters. The Morgan fingerprint density at radius 2 is 1.19 bits per heavy atom. The minimum absolute atomic E-state index is 0. The van der Waals surface area contributed by atoms with E-state index in [0.717, 1.165) is 61.8 Å². The average Bonchev–Trinajstić information content (AvgIpc) is 2.95. The molecular weight excluding hydrogens is 490 g/mol. The number of carbonyl (C=O) groups is 2. The largest absolute Gasteiger partial charge is 0.370 e. The van der Waals surface area contributed by atoms with Gasteiger partial charge in [0.15, 0.2) is 0 Å². The molecule has 10 heteroatoms. The normalized spacial score (nSPS) is 14.6. The molecule has 0 saturated heterocycles. The summed E-state index contributed by atoms with van der Waals surface area (Å²) in [6.45, 7) is 3.47. The quantitative estimate of drug-likeness (QED) is 0.399. The Morgan fingerprint density at radius 3 is 1.62 bits per heavy atom. The molecule has 2 aliphatic heterocycles. The molecule has 0 bridgehead atoms. The molecule has 0 unspecified atom stereocenters. The number of benzene rings is 2. The van der Waals surface area contributed by atoms with Crippen molar-refractivity contribution >= 4 is 47.3 Å². The summed E-state index contributed by atoms with van der Waals surface area (Å²) in [6, 6.07) is 18.1. The first-order valence-electron chi connectivity index (χ1n) is 12.0. The van der Waals surface area contributed by atoms with Crippen LogP contribution < -0.4 is 21.3 Å². The molecule has 3 aromatic rings. The van der Waals surface area contributed by atoms with Crippen LogP contribution in [0.2, 0.25) is 0 Å². The predicted octanol–water partition coefficient (Wildman–Crippen LogP) is 3.49. The summed E-state index contributed by atoms with van der Waals surface area (Å²) in [5, 5.41) is 12.2. The number of aromatic nitrogens is 1. The highest BCUT2D eigenvalue weighted by Crippen LogP contribution is 2.15. The summed E-state index contributed by atoms with van der Waals surface area (Å²) in [4.78, 5) is 38.4. The predicted molar refractivity (Wildman–Crippen MR) is 148 cm³/mol. The molecule has 0 aliphatic carbocycles. The van der Waals surface area contributed by atoms with E-state index in [4.69, 9.17) is 0 Å². The van der Waals surface area contributed by atoms with Crippen molar-refractivity contribution in [1.82, 2.24) is 15.6 Å². The lowest BCUT2D eigenvalue weighted by atomic mass is 10.1. The highest BCUT2D eigenvalue weighted by molar-refractivity contribution is 6.06. The van der Waals surface area contributed by atoms with Crippen molar-refractivity contribution in [3.8, 4) is 0 Å². The number of amides is 2. The molecule has 190 valence electrons. The van der Waals surface area contributed by atoms with E-state index in [1.165, 1.54) is 12.3 Å². The maximum atomic E-state index is 12.6. The van der Waals surface area contributed by atoms with Gasteiger partial charge in [-0.3, -0.25) is 24.6 Å². The number of carbonyl (C=O) groups excluding carboxylic acids is 2. The van der Waals surface area contributed by atoms with Gasteiger partial charge in [-0.15, -0.1) is 12.4 Å². The molecule has 37 heavy (non-hydrogen) atoms. The van der Waals surface area contributed by atoms with E-state index in [0.29, 0.717) is 16.9 Å². The number of nitrogens with zero attached hydrogens (tertiary/aromatic N) is 3. The summed E-state index contributed by atoms with van der Waals surface area (Å²) < 4.78 is 0. The highest BCUT2D eigenvalue weighted by Gasteiger charge is 2.13. The zero-order valence-electron chi connectivity index (χ0n) is 20.2. The summed E-state index contributed by atoms with van der Waals surface area (Å²) in [5.74, 6) is 1.10. The number of aliphatic imine (C=N–C) groups is 2. The first-order chi connectivity index (χ1) is 17.7. The van der Waals surface area contributed by atoms with Crippen molar-refractivity contribution in [3.05, 3.63) is 89.2 Å². The van der Waals surface area contributed by atoms with E-state index in [-0.39, 0.29) is 29.9 Å². The molecule has 2 aliphatic rings. The van der Waals surface area contributed by atoms with Gasteiger partial charge in [-0.2, -0.15) is 0 Å². The van der Waals surface area contributed by atoms with E-state index in [9.17, 15) is 9.59 Å². The molecular formula is C27H28ClN7O2. The van der Waals surface area contributed by atoms with Gasteiger partial charge in [-0.25, -0.2) is 0 Å². The zero-order valence-corrected chi connectivity index (χ0v) is 21.0. The lowest BCUT2D eigenvalue weighted by Crippen LogP contribution is -2.30. The minimum atomic E-state index is -0.349. The van der Waals surface area contributed by atoms with Crippen LogP contribution in [-0.4, -0.2) is 54.6 Å². The van der Waals surface area contributed by atoms with Crippen molar-refractivity contribution in [3.63, 3.8) is 0 Å². The van der Waals surface area contributed by atoms with Crippen LogP contribution in [0, 0.1) is 0 Å². The fourth-order valence-corrected chi connectivity index (χ4v) is 3.94. The van der Waals surface area contributed by atoms with Gasteiger partial charge in [0.2, 0.25) is 0 Å². The van der Waals surface area contributed by atoms with E-state index >= 15 is 0 Å². The second-order valence-electron chi connectivity index (χ2n) is 8.52. The molecule has 4 N–H and O–H groups in total. The Labute approximate surface area is 221 Å². The van der Waals surface area contributed by atoms with Gasteiger partial charge in [-0.05, 0) is 73.5 Å². The standard InChI is InChI=1S/C27H27N7O2.ClH/c35-26(33-21-8-3-18(4-9-21)24-28-13-1-14-29-24)20-7-12-23(32-17-20)27(36)34-22-10-5-19(6-11-22)25-30-15-2-16-31-25;/h3-12,17H,1-2,13-16H2,(H,28,29)(H,30,31)(H,33,35)(H,34,36);1H. The Hall–Kier alpha value is -4.24. The van der Waals surface area contributed by atoms with Crippen molar-refractivity contribution < 1.29 is 9.59 Å². The van der Waals surface area contributed by atoms with Gasteiger partial charge in [-0.1, -0.05) is 0 Å². The Bertz CT molecular complexity index is 1200. The number of rotatable bonds is 6. The fourth-order valence-electron chi connectivity index (χ4n) is 3.94. The fraction of sp³-hybridized carbons (Fsp3) is 0.222. The molecule has 3 heterocycles. The summed E-state index contributed by atoms with van der Waals surface area (Å²) >= 11 is 0. The summed E-state index contributed by atoms with van der Waals surface area (Å²) in [5.41, 5.74) is 3.87. The van der Waals surface area contributed by atoms with Crippen molar-refractivity contribution in [2.75, 3.05) is 36.8 Å². The number of hydrogen-bond donors (Lipinski definition) is 4. The maximum Gasteiger partial charge on any atom is 0.274 e. The second kappa shape index (κ2) is 12.1. The second-order valence-corrected chi connectivity index (χ2v) is 8.52. The topological polar surface area (TPSA) is 120 Å². The van der Waals surface area contributed by atoms with Crippen LogP contribution in [0.1, 0.15) is 44.8 Å². The van der Waals surface area contributed by atoms with Gasteiger partial charge in [0, 0.05) is 54.9 Å². The first-order valence-corrected chi connectivity index (χ1v) is 12.0. The zero-order chi connectivity index (χ0) is 24.7. The van der Waals surface area contributed by atoms with Crippen molar-refractivity contribution in [1.29, 1.82) is 0 Å². The number of nitrogens with one attached hydrogen (secondary N) is 4. The monoisotopic (exact) mass is 517 g/mol. The maximum absolute atomic E-state index is 12.6. The third kappa shape index (κ3) is 6.50. The number of halogens is 1. The van der Waals surface area contributed by atoms with Crippen LogP contribution >= 0.6 is 12.4 Å². The van der Waals surface area contributed by atoms with Gasteiger partial charge in [0.1, 0.15) is 17.4 Å². The molecule has 0 fully saturated rings. The smallest absolute Gasteiger partial charge is 0.274 e. The van der Waals surface area contributed by atoms with Crippen molar-refractivity contribution in [2.45, 2.75) is 12.8 Å². The van der Waals surface area contributed by atoms with Crippen LogP contribution in [0.5, 0.6) is 0 Å². The summed E-state index contributed by atoms with van der Waals surface area (Å²) in [7, 11) is 0. The SMILES string of the molecule is Cl.O=C(Nc1ccc(C2=NCCCN2)cc1)c1ccc(C(=O)Nc2ccc(C3=NCCCN3)cc2)nc1. The van der Waals surface area contributed by atoms with E-state index in [2.05, 4.69) is 36.2 Å². The Balaban J connectivity index is 0.00000320. The molecule has 0 radical (unpaired) electrons. The Kier molecular flexibility index (Phi) is 8.48. The van der Waals surface area contributed by atoms with Gasteiger partial charge in [0.05, 0.1) is 5.56 Å². The van der Waals surface area contributed by atoms with Gasteiger partial charge < -0.3 is 21.3 Å². The number of anilines is 2. The van der Waals surface area contributed by atoms with Crippen LogP contribution in [0.25, 0.3) is 0 Å². The summed E-state index contributed by atoms with van der Waals surface area (Å²) in [6.07, 6.45) is 3.47. The molecule has 9 nitrogen and oxygen atoms in total. The van der Waals surface area contributed by atoms with E-state index in [1.807, 2.05) is 48.5 Å². The van der Waals surface area contributed by atoms with E-state index < -0.39 is 0 Å². The number of pyridine rings is 1. The molecule has 2 amide bonds. The third-order valence-corrected chi connectivity index (χ3v) is 5.89. The Morgan fingerprint density at radius 1 is 0.676 bits per heavy atom. The molecule has 0 saturated carbocycles. The van der Waals surface area contributed by atoms with Crippen LogP contribution in [0.4, 0.5) is 11.4 Å².